The molecule has 0 radical (unpaired) electrons. The fraction of sp³-hybridized carbons (Fsp3) is 0.375. The van der Waals surface area contributed by atoms with Gasteiger partial charge in [-0.2, -0.15) is 0 Å². The SMILES string of the molecule is COC(=O)NNc1c(C)csc1C. The molecule has 0 saturated heterocycles. The third-order valence-electron chi connectivity index (χ3n) is 1.63. The van der Waals surface area contributed by atoms with E-state index in [1.54, 1.807) is 11.3 Å². The highest BCUT2D eigenvalue weighted by atomic mass is 32.1. The second-order valence-corrected chi connectivity index (χ2v) is 3.68. The largest absolute Gasteiger partial charge is 0.452 e. The molecule has 4 nitrogen and oxygen atoms in total. The molecule has 2 N–H and O–H groups in total. The van der Waals surface area contributed by atoms with Crippen molar-refractivity contribution in [2.45, 2.75) is 13.8 Å². The zero-order valence-corrected chi connectivity index (χ0v) is 8.62. The maximum absolute atomic E-state index is 10.7. The number of anilines is 1. The molecule has 1 heterocycles. The predicted molar refractivity (Wildman–Crippen MR) is 53.0 cm³/mol. The molecule has 13 heavy (non-hydrogen) atoms. The summed E-state index contributed by atoms with van der Waals surface area (Å²) in [5, 5.41) is 2.02. The summed E-state index contributed by atoms with van der Waals surface area (Å²) in [5.41, 5.74) is 7.26. The standard InChI is InChI=1S/C8H12N2O2S/c1-5-4-13-6(2)7(5)9-10-8(11)12-3/h4,9H,1-3H3,(H,10,11). The maximum Gasteiger partial charge on any atom is 0.425 e. The number of aryl methyl sites for hydroxylation is 2. The van der Waals surface area contributed by atoms with Crippen LogP contribution in [0.5, 0.6) is 0 Å². The monoisotopic (exact) mass is 200 g/mol. The number of hydrogen-bond acceptors (Lipinski definition) is 4. The molecular formula is C8H12N2O2S. The molecule has 0 aromatic carbocycles. The normalized spacial score (nSPS) is 9.46. The van der Waals surface area contributed by atoms with Crippen LogP contribution in [0.1, 0.15) is 10.4 Å². The molecule has 1 aromatic heterocycles. The van der Waals surface area contributed by atoms with Crippen LogP contribution in [0.2, 0.25) is 0 Å². The van der Waals surface area contributed by atoms with Crippen molar-refractivity contribution in [3.8, 4) is 0 Å². The first kappa shape index (κ1) is 9.85. The first-order valence-electron chi connectivity index (χ1n) is 3.79. The molecule has 1 aromatic rings. The highest BCUT2D eigenvalue weighted by molar-refractivity contribution is 7.10. The van der Waals surface area contributed by atoms with E-state index in [-0.39, 0.29) is 0 Å². The first-order valence-corrected chi connectivity index (χ1v) is 4.67. The van der Waals surface area contributed by atoms with E-state index in [0.29, 0.717) is 0 Å². The molecule has 0 saturated carbocycles. The van der Waals surface area contributed by atoms with Crippen molar-refractivity contribution < 1.29 is 9.53 Å². The van der Waals surface area contributed by atoms with Crippen LogP contribution in [0.4, 0.5) is 10.5 Å². The van der Waals surface area contributed by atoms with E-state index in [0.717, 1.165) is 16.1 Å². The minimum absolute atomic E-state index is 0.495. The highest BCUT2D eigenvalue weighted by Gasteiger charge is 2.05. The van der Waals surface area contributed by atoms with Crippen molar-refractivity contribution in [3.63, 3.8) is 0 Å². The first-order chi connectivity index (χ1) is 6.15. The zero-order chi connectivity index (χ0) is 9.84. The molecule has 72 valence electrons. The summed E-state index contributed by atoms with van der Waals surface area (Å²) in [6, 6.07) is 0. The van der Waals surface area contributed by atoms with E-state index in [4.69, 9.17) is 0 Å². The van der Waals surface area contributed by atoms with Gasteiger partial charge in [-0.05, 0) is 24.8 Å². The van der Waals surface area contributed by atoms with Gasteiger partial charge in [-0.3, -0.25) is 5.43 Å². The van der Waals surface area contributed by atoms with Crippen molar-refractivity contribution in [1.29, 1.82) is 0 Å². The van der Waals surface area contributed by atoms with Crippen molar-refractivity contribution in [2.24, 2.45) is 0 Å². The Balaban J connectivity index is 2.58. The van der Waals surface area contributed by atoms with Crippen LogP contribution in [0, 0.1) is 13.8 Å². The van der Waals surface area contributed by atoms with Gasteiger partial charge in [0.15, 0.2) is 0 Å². The van der Waals surface area contributed by atoms with Gasteiger partial charge in [0.2, 0.25) is 0 Å². The summed E-state index contributed by atoms with van der Waals surface area (Å²) in [7, 11) is 1.32. The lowest BCUT2D eigenvalue weighted by molar-refractivity contribution is 0.173. The number of amides is 1. The van der Waals surface area contributed by atoms with E-state index in [1.807, 2.05) is 19.2 Å². The molecule has 5 heteroatoms. The van der Waals surface area contributed by atoms with Crippen LogP contribution in [0.3, 0.4) is 0 Å². The second kappa shape index (κ2) is 4.13. The molecule has 1 rings (SSSR count). The summed E-state index contributed by atoms with van der Waals surface area (Å²) < 4.78 is 4.42. The predicted octanol–water partition coefficient (Wildman–Crippen LogP) is 2.05. The Bertz CT molecular complexity index is 290. The molecule has 0 fully saturated rings. The van der Waals surface area contributed by atoms with Crippen LogP contribution in [-0.2, 0) is 4.74 Å². The van der Waals surface area contributed by atoms with Crippen molar-refractivity contribution in [3.05, 3.63) is 15.8 Å². The van der Waals surface area contributed by atoms with Crippen molar-refractivity contribution >= 4 is 23.1 Å². The molecule has 0 aliphatic carbocycles. The number of rotatable bonds is 2. The fourth-order valence-electron chi connectivity index (χ4n) is 0.923. The molecule has 1 amide bonds. The van der Waals surface area contributed by atoms with Crippen LogP contribution in [0.25, 0.3) is 0 Å². The van der Waals surface area contributed by atoms with E-state index < -0.39 is 6.09 Å². The Hall–Kier alpha value is -1.23. The Labute approximate surface area is 80.9 Å². The Kier molecular flexibility index (Phi) is 3.13. The molecule has 0 bridgehead atoms. The van der Waals surface area contributed by atoms with Gasteiger partial charge in [-0.15, -0.1) is 11.3 Å². The summed E-state index contributed by atoms with van der Waals surface area (Å²) >= 11 is 1.64. The molecule has 0 unspecified atom stereocenters. The van der Waals surface area contributed by atoms with E-state index in [2.05, 4.69) is 15.6 Å². The number of nitrogens with one attached hydrogen (secondary N) is 2. The lowest BCUT2D eigenvalue weighted by Gasteiger charge is -2.07. The van der Waals surface area contributed by atoms with Gasteiger partial charge < -0.3 is 4.74 Å². The van der Waals surface area contributed by atoms with Crippen molar-refractivity contribution in [1.82, 2.24) is 5.43 Å². The second-order valence-electron chi connectivity index (χ2n) is 2.59. The number of carbonyl (C=O) groups is 1. The van der Waals surface area contributed by atoms with Gasteiger partial charge in [-0.1, -0.05) is 0 Å². The number of methoxy groups -OCH3 is 1. The van der Waals surface area contributed by atoms with Crippen LogP contribution in [0.15, 0.2) is 5.38 Å². The van der Waals surface area contributed by atoms with Crippen LogP contribution < -0.4 is 10.9 Å². The summed E-state index contributed by atoms with van der Waals surface area (Å²) in [4.78, 5) is 11.9. The average Bonchev–Trinajstić information content (AvgIpc) is 2.43. The summed E-state index contributed by atoms with van der Waals surface area (Å²) in [5.74, 6) is 0. The van der Waals surface area contributed by atoms with Gasteiger partial charge >= 0.3 is 6.09 Å². The highest BCUT2D eigenvalue weighted by Crippen LogP contribution is 2.25. The number of hydrogen-bond donors (Lipinski definition) is 2. The van der Waals surface area contributed by atoms with Gasteiger partial charge in [0.05, 0.1) is 12.8 Å². The Morgan fingerprint density at radius 2 is 2.23 bits per heavy atom. The van der Waals surface area contributed by atoms with Crippen molar-refractivity contribution in [2.75, 3.05) is 12.5 Å². The van der Waals surface area contributed by atoms with Gasteiger partial charge in [0, 0.05) is 4.88 Å². The third-order valence-corrected chi connectivity index (χ3v) is 2.66. The minimum atomic E-state index is -0.495. The smallest absolute Gasteiger partial charge is 0.425 e. The number of hydrazine groups is 1. The number of ether oxygens (including phenoxy) is 1. The molecule has 0 aliphatic rings. The number of carbonyl (C=O) groups excluding carboxylic acids is 1. The third kappa shape index (κ3) is 2.35. The topological polar surface area (TPSA) is 50.4 Å². The average molecular weight is 200 g/mol. The quantitative estimate of drug-likeness (QED) is 0.718. The minimum Gasteiger partial charge on any atom is -0.452 e. The molecular weight excluding hydrogens is 188 g/mol. The molecule has 0 atom stereocenters. The van der Waals surface area contributed by atoms with E-state index >= 15 is 0 Å². The number of thiophene rings is 1. The van der Waals surface area contributed by atoms with Gasteiger partial charge in [0.25, 0.3) is 0 Å². The van der Waals surface area contributed by atoms with Gasteiger partial charge in [-0.25, -0.2) is 10.2 Å². The Morgan fingerprint density at radius 3 is 2.69 bits per heavy atom. The van der Waals surface area contributed by atoms with Crippen LogP contribution >= 0.6 is 11.3 Å². The molecule has 0 spiro atoms. The lowest BCUT2D eigenvalue weighted by atomic mass is 10.3. The summed E-state index contributed by atoms with van der Waals surface area (Å²) in [6.07, 6.45) is -0.495. The van der Waals surface area contributed by atoms with Crippen LogP contribution in [-0.4, -0.2) is 13.2 Å². The van der Waals surface area contributed by atoms with E-state index in [1.165, 1.54) is 7.11 Å². The fourth-order valence-corrected chi connectivity index (χ4v) is 1.72. The van der Waals surface area contributed by atoms with Gasteiger partial charge in [0.1, 0.15) is 0 Å². The van der Waals surface area contributed by atoms with E-state index in [9.17, 15) is 4.79 Å². The Morgan fingerprint density at radius 1 is 1.54 bits per heavy atom. The maximum atomic E-state index is 10.7. The lowest BCUT2D eigenvalue weighted by Crippen LogP contribution is -2.29. The molecule has 0 aliphatic heterocycles. The zero-order valence-electron chi connectivity index (χ0n) is 7.80. The summed E-state index contributed by atoms with van der Waals surface area (Å²) in [6.45, 7) is 3.96.